The average molecular weight is 377 g/mol. The fraction of sp³-hybridized carbons (Fsp3) is 0.550. The van der Waals surface area contributed by atoms with Crippen LogP contribution in [0.1, 0.15) is 51.5 Å². The first-order valence-electron chi connectivity index (χ1n) is 9.47. The van der Waals surface area contributed by atoms with E-state index in [4.69, 9.17) is 10.5 Å². The van der Waals surface area contributed by atoms with E-state index in [-0.39, 0.29) is 18.4 Å². The van der Waals surface area contributed by atoms with Gasteiger partial charge in [0.2, 0.25) is 11.8 Å². The maximum Gasteiger partial charge on any atom is 0.407 e. The van der Waals surface area contributed by atoms with Crippen molar-refractivity contribution in [1.29, 1.82) is 0 Å². The number of nitrogens with one attached hydrogen (secondary N) is 2. The van der Waals surface area contributed by atoms with Crippen LogP contribution in [0.2, 0.25) is 0 Å². The van der Waals surface area contributed by atoms with Crippen molar-refractivity contribution in [2.24, 2.45) is 11.7 Å². The smallest absolute Gasteiger partial charge is 0.407 e. The molecule has 0 aliphatic carbocycles. The van der Waals surface area contributed by atoms with Gasteiger partial charge in [0.05, 0.1) is 0 Å². The van der Waals surface area contributed by atoms with Gasteiger partial charge in [-0.05, 0) is 24.3 Å². The van der Waals surface area contributed by atoms with Crippen molar-refractivity contribution in [3.05, 3.63) is 35.9 Å². The quantitative estimate of drug-likeness (QED) is 0.486. The Morgan fingerprint density at radius 3 is 2.44 bits per heavy atom. The highest BCUT2D eigenvalue weighted by Crippen LogP contribution is 2.08. The lowest BCUT2D eigenvalue weighted by Crippen LogP contribution is -2.48. The minimum Gasteiger partial charge on any atom is -0.445 e. The standard InChI is InChI=1S/C20H31N3O4/c1-3-15(2)18(19(21)25)23-17(24)12-8-5-9-13-22-20(26)27-14-16-10-6-4-7-11-16/h4,6-7,10-11,15,18H,3,5,8-9,12-14H2,1-2H3,(H2,21,25)(H,22,26)(H,23,24)/t15-,18+/m1/s1. The SMILES string of the molecule is CC[C@@H](C)[C@H](NC(=O)CCCCCNC(=O)OCc1ccccc1)C(N)=O. The second-order valence-corrected chi connectivity index (χ2v) is 6.63. The molecule has 27 heavy (non-hydrogen) atoms. The van der Waals surface area contributed by atoms with Gasteiger partial charge in [0.25, 0.3) is 0 Å². The second-order valence-electron chi connectivity index (χ2n) is 6.63. The van der Waals surface area contributed by atoms with Crippen LogP contribution in [0.5, 0.6) is 0 Å². The van der Waals surface area contributed by atoms with Gasteiger partial charge in [-0.1, -0.05) is 57.0 Å². The molecule has 1 aromatic carbocycles. The number of hydrogen-bond acceptors (Lipinski definition) is 4. The summed E-state index contributed by atoms with van der Waals surface area (Å²) in [6, 6.07) is 8.85. The van der Waals surface area contributed by atoms with Gasteiger partial charge < -0.3 is 21.1 Å². The van der Waals surface area contributed by atoms with Crippen LogP contribution in [-0.2, 0) is 20.9 Å². The molecule has 0 aliphatic rings. The topological polar surface area (TPSA) is 111 Å². The summed E-state index contributed by atoms with van der Waals surface area (Å²) in [5, 5.41) is 5.39. The van der Waals surface area contributed by atoms with Crippen molar-refractivity contribution in [2.75, 3.05) is 6.54 Å². The molecule has 0 bridgehead atoms. The van der Waals surface area contributed by atoms with Crippen LogP contribution in [0.15, 0.2) is 30.3 Å². The minimum absolute atomic E-state index is 0.0116. The Bertz CT molecular complexity index is 592. The van der Waals surface area contributed by atoms with Crippen molar-refractivity contribution in [1.82, 2.24) is 10.6 Å². The zero-order valence-corrected chi connectivity index (χ0v) is 16.2. The molecule has 150 valence electrons. The molecule has 1 rings (SSSR count). The van der Waals surface area contributed by atoms with Crippen molar-refractivity contribution < 1.29 is 19.1 Å². The van der Waals surface area contributed by atoms with E-state index in [2.05, 4.69) is 10.6 Å². The molecule has 0 radical (unpaired) electrons. The van der Waals surface area contributed by atoms with E-state index in [0.29, 0.717) is 19.4 Å². The third-order valence-corrected chi connectivity index (χ3v) is 4.40. The Labute approximate surface area is 161 Å². The van der Waals surface area contributed by atoms with Crippen molar-refractivity contribution in [3.63, 3.8) is 0 Å². The number of rotatable bonds is 12. The first kappa shape index (κ1) is 22.5. The lowest BCUT2D eigenvalue weighted by molar-refractivity contribution is -0.128. The molecule has 3 amide bonds. The zero-order chi connectivity index (χ0) is 20.1. The van der Waals surface area contributed by atoms with E-state index in [1.807, 2.05) is 44.2 Å². The lowest BCUT2D eigenvalue weighted by atomic mass is 9.98. The Morgan fingerprint density at radius 1 is 1.11 bits per heavy atom. The summed E-state index contributed by atoms with van der Waals surface area (Å²) < 4.78 is 5.11. The van der Waals surface area contributed by atoms with E-state index in [1.54, 1.807) is 0 Å². The number of nitrogens with two attached hydrogens (primary N) is 1. The highest BCUT2D eigenvalue weighted by Gasteiger charge is 2.23. The van der Waals surface area contributed by atoms with Gasteiger partial charge in [0.1, 0.15) is 12.6 Å². The molecular formula is C20H31N3O4. The van der Waals surface area contributed by atoms with E-state index < -0.39 is 18.0 Å². The van der Waals surface area contributed by atoms with Crippen LogP contribution in [0.4, 0.5) is 4.79 Å². The Balaban J connectivity index is 2.09. The lowest BCUT2D eigenvalue weighted by Gasteiger charge is -2.21. The number of alkyl carbamates (subject to hydrolysis) is 1. The van der Waals surface area contributed by atoms with E-state index in [1.165, 1.54) is 0 Å². The van der Waals surface area contributed by atoms with E-state index >= 15 is 0 Å². The van der Waals surface area contributed by atoms with E-state index in [9.17, 15) is 14.4 Å². The van der Waals surface area contributed by atoms with Crippen molar-refractivity contribution in [3.8, 4) is 0 Å². The Hall–Kier alpha value is -2.57. The molecule has 1 aromatic rings. The maximum absolute atomic E-state index is 11.9. The molecule has 0 unspecified atom stereocenters. The minimum atomic E-state index is -0.622. The molecule has 0 aliphatic heterocycles. The van der Waals surface area contributed by atoms with Gasteiger partial charge in [-0.3, -0.25) is 9.59 Å². The predicted molar refractivity (Wildman–Crippen MR) is 104 cm³/mol. The third-order valence-electron chi connectivity index (χ3n) is 4.40. The van der Waals surface area contributed by atoms with Crippen LogP contribution in [0.3, 0.4) is 0 Å². The maximum atomic E-state index is 11.9. The van der Waals surface area contributed by atoms with Crippen LogP contribution in [0.25, 0.3) is 0 Å². The number of carbonyl (C=O) groups excluding carboxylic acids is 3. The third kappa shape index (κ3) is 9.63. The van der Waals surface area contributed by atoms with Crippen LogP contribution in [-0.4, -0.2) is 30.5 Å². The summed E-state index contributed by atoms with van der Waals surface area (Å²) in [6.07, 6.45) is 2.86. The summed E-state index contributed by atoms with van der Waals surface area (Å²) in [6.45, 7) is 4.57. The molecule has 4 N–H and O–H groups in total. The summed E-state index contributed by atoms with van der Waals surface area (Å²) in [5.41, 5.74) is 6.28. The second kappa shape index (κ2) is 12.7. The van der Waals surface area contributed by atoms with Crippen molar-refractivity contribution >= 4 is 17.9 Å². The molecule has 0 saturated heterocycles. The first-order valence-corrected chi connectivity index (χ1v) is 9.47. The highest BCUT2D eigenvalue weighted by molar-refractivity contribution is 5.86. The molecule has 0 aromatic heterocycles. The highest BCUT2D eigenvalue weighted by atomic mass is 16.5. The van der Waals surface area contributed by atoms with Gasteiger partial charge in [0, 0.05) is 13.0 Å². The molecule has 2 atom stereocenters. The van der Waals surface area contributed by atoms with Gasteiger partial charge in [-0.15, -0.1) is 0 Å². The van der Waals surface area contributed by atoms with E-state index in [0.717, 1.165) is 24.8 Å². The molecule has 7 nitrogen and oxygen atoms in total. The average Bonchev–Trinajstić information content (AvgIpc) is 2.67. The molecule has 0 spiro atoms. The number of ether oxygens (including phenoxy) is 1. The summed E-state index contributed by atoms with van der Waals surface area (Å²) in [7, 11) is 0. The fourth-order valence-electron chi connectivity index (χ4n) is 2.53. The molecule has 0 saturated carbocycles. The van der Waals surface area contributed by atoms with Crippen LogP contribution < -0.4 is 16.4 Å². The first-order chi connectivity index (χ1) is 12.9. The summed E-state index contributed by atoms with van der Waals surface area (Å²) >= 11 is 0. The molecule has 0 heterocycles. The van der Waals surface area contributed by atoms with Crippen LogP contribution in [0, 0.1) is 5.92 Å². The van der Waals surface area contributed by atoms with Gasteiger partial charge in [0.15, 0.2) is 0 Å². The Kier molecular flexibility index (Phi) is 10.6. The molecule has 7 heteroatoms. The predicted octanol–water partition coefficient (Wildman–Crippen LogP) is 2.49. The van der Waals surface area contributed by atoms with Crippen molar-refractivity contribution in [2.45, 2.75) is 58.6 Å². The number of unbranched alkanes of at least 4 members (excludes halogenated alkanes) is 2. The zero-order valence-electron chi connectivity index (χ0n) is 16.2. The van der Waals surface area contributed by atoms with Gasteiger partial charge >= 0.3 is 6.09 Å². The fourth-order valence-corrected chi connectivity index (χ4v) is 2.53. The number of benzene rings is 1. The summed E-state index contributed by atoms with van der Waals surface area (Å²) in [4.78, 5) is 34.9. The molecule has 0 fully saturated rings. The molecular weight excluding hydrogens is 346 g/mol. The largest absolute Gasteiger partial charge is 0.445 e. The number of hydrogen-bond donors (Lipinski definition) is 3. The monoisotopic (exact) mass is 377 g/mol. The normalized spacial score (nSPS) is 12.7. The Morgan fingerprint density at radius 2 is 1.81 bits per heavy atom. The van der Waals surface area contributed by atoms with Gasteiger partial charge in [-0.2, -0.15) is 0 Å². The van der Waals surface area contributed by atoms with Gasteiger partial charge in [-0.25, -0.2) is 4.79 Å². The number of primary amides is 1. The van der Waals surface area contributed by atoms with Crippen LogP contribution >= 0.6 is 0 Å². The number of amides is 3. The summed E-state index contributed by atoms with van der Waals surface area (Å²) in [5.74, 6) is -0.664. The number of carbonyl (C=O) groups is 3.